The summed E-state index contributed by atoms with van der Waals surface area (Å²) in [5, 5.41) is 11.5. The van der Waals surface area contributed by atoms with Gasteiger partial charge in [0.15, 0.2) is 5.82 Å². The van der Waals surface area contributed by atoms with Gasteiger partial charge in [0.25, 0.3) is 0 Å². The first kappa shape index (κ1) is 20.5. The molecular formula is C19H30N6O3. The quantitative estimate of drug-likeness (QED) is 0.729. The van der Waals surface area contributed by atoms with Gasteiger partial charge in [0.2, 0.25) is 11.8 Å². The van der Waals surface area contributed by atoms with E-state index in [-0.39, 0.29) is 30.4 Å². The summed E-state index contributed by atoms with van der Waals surface area (Å²) in [5.41, 5.74) is 1.08. The summed E-state index contributed by atoms with van der Waals surface area (Å²) in [6, 6.07) is 0. The highest BCUT2D eigenvalue weighted by Gasteiger charge is 2.36. The Hall–Kier alpha value is -2.26. The Balaban J connectivity index is 1.60. The van der Waals surface area contributed by atoms with Crippen molar-refractivity contribution in [3.05, 3.63) is 29.7 Å². The van der Waals surface area contributed by atoms with Gasteiger partial charge in [0.05, 0.1) is 18.7 Å². The Kier molecular flexibility index (Phi) is 6.46. The van der Waals surface area contributed by atoms with Crippen LogP contribution in [0.3, 0.4) is 0 Å². The summed E-state index contributed by atoms with van der Waals surface area (Å²) in [6.07, 6.45) is 3.57. The van der Waals surface area contributed by atoms with E-state index in [2.05, 4.69) is 34.4 Å². The van der Waals surface area contributed by atoms with Crippen molar-refractivity contribution in [2.75, 3.05) is 26.7 Å². The molecule has 0 aliphatic carbocycles. The van der Waals surface area contributed by atoms with Gasteiger partial charge in [-0.3, -0.25) is 9.48 Å². The van der Waals surface area contributed by atoms with Crippen molar-refractivity contribution >= 4 is 5.91 Å². The van der Waals surface area contributed by atoms with Crippen molar-refractivity contribution in [1.29, 1.82) is 0 Å². The molecule has 3 rings (SSSR count). The van der Waals surface area contributed by atoms with Gasteiger partial charge in [0, 0.05) is 45.9 Å². The molecule has 28 heavy (non-hydrogen) atoms. The van der Waals surface area contributed by atoms with Crippen molar-refractivity contribution in [2.45, 2.75) is 39.3 Å². The van der Waals surface area contributed by atoms with Gasteiger partial charge < -0.3 is 19.5 Å². The molecule has 154 valence electrons. The number of hydrogen-bond donors (Lipinski definition) is 1. The van der Waals surface area contributed by atoms with Gasteiger partial charge in [-0.15, -0.1) is 0 Å². The van der Waals surface area contributed by atoms with E-state index >= 15 is 0 Å². The van der Waals surface area contributed by atoms with Crippen LogP contribution >= 0.6 is 0 Å². The Morgan fingerprint density at radius 2 is 2.21 bits per heavy atom. The number of ether oxygens (including phenoxy) is 1. The summed E-state index contributed by atoms with van der Waals surface area (Å²) >= 11 is 0. The largest absolute Gasteiger partial charge is 0.370 e. The number of carbonyl (C=O) groups is 1. The van der Waals surface area contributed by atoms with Crippen LogP contribution in [0, 0.1) is 11.8 Å². The summed E-state index contributed by atoms with van der Waals surface area (Å²) in [5.74, 6) is 1.39. The molecule has 0 bridgehead atoms. The molecule has 3 atom stereocenters. The third kappa shape index (κ3) is 4.77. The highest BCUT2D eigenvalue weighted by Crippen LogP contribution is 2.29. The number of amides is 1. The zero-order valence-electron chi connectivity index (χ0n) is 17.3. The fourth-order valence-electron chi connectivity index (χ4n) is 3.39. The van der Waals surface area contributed by atoms with Crippen LogP contribution in [0.1, 0.15) is 50.1 Å². The Labute approximate surface area is 165 Å². The number of nitrogens with one attached hydrogen (secondary N) is 1. The van der Waals surface area contributed by atoms with Gasteiger partial charge in [-0.25, -0.2) is 0 Å². The maximum atomic E-state index is 13.0. The maximum Gasteiger partial charge on any atom is 0.246 e. The van der Waals surface area contributed by atoms with E-state index in [0.29, 0.717) is 30.8 Å². The molecule has 2 aromatic rings. The van der Waals surface area contributed by atoms with Crippen molar-refractivity contribution in [2.24, 2.45) is 18.9 Å². The smallest absolute Gasteiger partial charge is 0.246 e. The first-order chi connectivity index (χ1) is 13.3. The second-order valence-corrected chi connectivity index (χ2v) is 7.93. The number of aryl methyl sites for hydroxylation is 1. The topological polar surface area (TPSA) is 98.3 Å². The van der Waals surface area contributed by atoms with E-state index in [1.807, 2.05) is 26.4 Å². The molecule has 0 aromatic carbocycles. The predicted octanol–water partition coefficient (Wildman–Crippen LogP) is 1.50. The lowest BCUT2D eigenvalue weighted by molar-refractivity contribution is -0.134. The molecule has 3 heterocycles. The lowest BCUT2D eigenvalue weighted by Gasteiger charge is -2.22. The number of hydrogen-bond acceptors (Lipinski definition) is 7. The second kappa shape index (κ2) is 8.83. The molecule has 1 amide bonds. The first-order valence-corrected chi connectivity index (χ1v) is 9.73. The zero-order chi connectivity index (χ0) is 20.3. The SMILES string of the molecule is CC(C)COC(C)c1noc(CN(C)C(=O)[C@H]2CNC[C@@H]2c2cnn(C)c2)n1. The van der Waals surface area contributed by atoms with Crippen LogP contribution in [-0.4, -0.2) is 57.5 Å². The summed E-state index contributed by atoms with van der Waals surface area (Å²) < 4.78 is 12.8. The average Bonchev–Trinajstić information content (AvgIpc) is 3.38. The van der Waals surface area contributed by atoms with E-state index in [4.69, 9.17) is 9.26 Å². The number of rotatable bonds is 8. The fourth-order valence-corrected chi connectivity index (χ4v) is 3.39. The van der Waals surface area contributed by atoms with Crippen LogP contribution in [0.2, 0.25) is 0 Å². The van der Waals surface area contributed by atoms with E-state index in [1.54, 1.807) is 16.6 Å². The highest BCUT2D eigenvalue weighted by atomic mass is 16.5. The van der Waals surface area contributed by atoms with Crippen molar-refractivity contribution in [1.82, 2.24) is 30.1 Å². The van der Waals surface area contributed by atoms with Crippen LogP contribution in [0.5, 0.6) is 0 Å². The summed E-state index contributed by atoms with van der Waals surface area (Å²) in [4.78, 5) is 19.0. The summed E-state index contributed by atoms with van der Waals surface area (Å²) in [6.45, 7) is 8.40. The molecule has 0 saturated carbocycles. The number of aromatic nitrogens is 4. The van der Waals surface area contributed by atoms with E-state index in [9.17, 15) is 4.79 Å². The lowest BCUT2D eigenvalue weighted by Crippen LogP contribution is -2.35. The lowest BCUT2D eigenvalue weighted by atomic mass is 9.90. The normalized spacial score (nSPS) is 20.6. The van der Waals surface area contributed by atoms with Gasteiger partial charge >= 0.3 is 0 Å². The Bertz CT molecular complexity index is 786. The van der Waals surface area contributed by atoms with Crippen molar-refractivity contribution in [3.8, 4) is 0 Å². The third-order valence-corrected chi connectivity index (χ3v) is 4.96. The molecule has 1 fully saturated rings. The first-order valence-electron chi connectivity index (χ1n) is 9.73. The molecule has 9 nitrogen and oxygen atoms in total. The minimum atomic E-state index is -0.241. The van der Waals surface area contributed by atoms with Crippen LogP contribution < -0.4 is 5.32 Å². The minimum absolute atomic E-state index is 0.0581. The predicted molar refractivity (Wildman–Crippen MR) is 102 cm³/mol. The van der Waals surface area contributed by atoms with Gasteiger partial charge in [-0.05, 0) is 18.4 Å². The molecule has 2 aromatic heterocycles. The van der Waals surface area contributed by atoms with Crippen LogP contribution in [-0.2, 0) is 23.1 Å². The zero-order valence-corrected chi connectivity index (χ0v) is 17.3. The molecule has 1 N–H and O–H groups in total. The van der Waals surface area contributed by atoms with Gasteiger partial charge in [0.1, 0.15) is 6.10 Å². The molecule has 9 heteroatoms. The average molecular weight is 390 g/mol. The van der Waals surface area contributed by atoms with E-state index in [0.717, 1.165) is 12.1 Å². The second-order valence-electron chi connectivity index (χ2n) is 7.93. The van der Waals surface area contributed by atoms with Gasteiger partial charge in [-0.2, -0.15) is 10.1 Å². The molecule has 1 aliphatic heterocycles. The van der Waals surface area contributed by atoms with Crippen LogP contribution in [0.4, 0.5) is 0 Å². The molecule has 1 aliphatic rings. The Morgan fingerprint density at radius 1 is 1.43 bits per heavy atom. The standard InChI is InChI=1S/C19H30N6O3/c1-12(2)11-27-13(3)18-22-17(28-23-18)10-24(4)19(26)16-8-20-7-15(16)14-6-21-25(5)9-14/h6,9,12-13,15-16,20H,7-8,10-11H2,1-5H3/t13?,15-,16+/m1/s1. The monoisotopic (exact) mass is 390 g/mol. The molecule has 0 spiro atoms. The fraction of sp³-hybridized carbons (Fsp3) is 0.684. The number of carbonyl (C=O) groups excluding carboxylic acids is 1. The van der Waals surface area contributed by atoms with Crippen molar-refractivity contribution < 1.29 is 14.1 Å². The third-order valence-electron chi connectivity index (χ3n) is 4.96. The highest BCUT2D eigenvalue weighted by molar-refractivity contribution is 5.80. The van der Waals surface area contributed by atoms with Crippen molar-refractivity contribution in [3.63, 3.8) is 0 Å². The van der Waals surface area contributed by atoms with Crippen LogP contribution in [0.15, 0.2) is 16.9 Å². The molecular weight excluding hydrogens is 360 g/mol. The molecule has 1 saturated heterocycles. The number of nitrogens with zero attached hydrogens (tertiary/aromatic N) is 5. The van der Waals surface area contributed by atoms with E-state index < -0.39 is 0 Å². The molecule has 0 radical (unpaired) electrons. The van der Waals surface area contributed by atoms with Gasteiger partial charge in [-0.1, -0.05) is 19.0 Å². The van der Waals surface area contributed by atoms with Crippen LogP contribution in [0.25, 0.3) is 0 Å². The maximum absolute atomic E-state index is 13.0. The Morgan fingerprint density at radius 3 is 2.89 bits per heavy atom. The van der Waals surface area contributed by atoms with E-state index in [1.165, 1.54) is 0 Å². The minimum Gasteiger partial charge on any atom is -0.370 e. The summed E-state index contributed by atoms with van der Waals surface area (Å²) in [7, 11) is 3.65. The molecule has 1 unspecified atom stereocenters.